The number of hydrogen-bond acceptors (Lipinski definition) is 3. The number of rotatable bonds is 1. The maximum absolute atomic E-state index is 6.32. The van der Waals surface area contributed by atoms with Gasteiger partial charge >= 0.3 is 0 Å². The lowest BCUT2D eigenvalue weighted by Crippen LogP contribution is -2.78. The van der Waals surface area contributed by atoms with Crippen molar-refractivity contribution in [1.29, 1.82) is 0 Å². The van der Waals surface area contributed by atoms with Gasteiger partial charge in [-0.15, -0.1) is 6.58 Å². The summed E-state index contributed by atoms with van der Waals surface area (Å²) in [5, 5.41) is 0. The first-order valence-electron chi connectivity index (χ1n) is 8.85. The molecule has 1 aromatic carbocycles. The Bertz CT molecular complexity index is 771. The van der Waals surface area contributed by atoms with E-state index in [0.29, 0.717) is 17.9 Å². The van der Waals surface area contributed by atoms with Gasteiger partial charge in [-0.2, -0.15) is 0 Å². The highest BCUT2D eigenvalue weighted by Crippen LogP contribution is 2.70. The van der Waals surface area contributed by atoms with E-state index in [2.05, 4.69) is 48.9 Å². The van der Waals surface area contributed by atoms with E-state index in [-0.39, 0.29) is 16.9 Å². The Balaban J connectivity index is 1.72. The largest absolute Gasteiger partial charge is 0.372 e. The first-order chi connectivity index (χ1) is 11.2. The van der Waals surface area contributed by atoms with Gasteiger partial charge in [-0.05, 0) is 37.4 Å². The Kier molecular flexibility index (Phi) is 2.12. The highest BCUT2D eigenvalue weighted by atomic mass is 16.5. The molecule has 0 N–H and O–H groups in total. The van der Waals surface area contributed by atoms with Crippen LogP contribution in [0.25, 0.3) is 0 Å². The van der Waals surface area contributed by atoms with Crippen molar-refractivity contribution in [2.45, 2.75) is 30.4 Å². The summed E-state index contributed by atoms with van der Waals surface area (Å²) >= 11 is 0. The Morgan fingerprint density at radius 3 is 3.13 bits per heavy atom. The molecule has 0 radical (unpaired) electrons. The average molecular weight is 306 g/mol. The first-order valence-corrected chi connectivity index (χ1v) is 8.85. The van der Waals surface area contributed by atoms with Crippen LogP contribution in [0.3, 0.4) is 0 Å². The molecular weight excluding hydrogens is 284 g/mol. The van der Waals surface area contributed by atoms with Gasteiger partial charge in [0.25, 0.3) is 0 Å². The fourth-order valence-corrected chi connectivity index (χ4v) is 6.95. The summed E-state index contributed by atoms with van der Waals surface area (Å²) in [5.74, 6) is 1.35. The lowest BCUT2D eigenvalue weighted by molar-refractivity contribution is -0.190. The van der Waals surface area contributed by atoms with Crippen LogP contribution in [-0.2, 0) is 10.2 Å². The second-order valence-corrected chi connectivity index (χ2v) is 8.18. The van der Waals surface area contributed by atoms with Crippen LogP contribution in [0, 0.1) is 17.3 Å². The molecule has 3 nitrogen and oxygen atoms in total. The van der Waals surface area contributed by atoms with E-state index in [1.165, 1.54) is 23.4 Å². The standard InChI is InChI=1S/C20H22N2O/c1-3-19-11-22(2)16-9-20(19)13-6-4-5-7-15(13)21-18(20)17-8-14(19)12(16)10-23-17/h3-7,12,14,16-17H,1,8-11H2,2H3/t12-,14-,16-,17-,19+,20-/m0/s1. The van der Waals surface area contributed by atoms with E-state index in [1.54, 1.807) is 0 Å². The molecule has 0 aromatic heterocycles. The third kappa shape index (κ3) is 1.15. The molecular formula is C20H22N2O. The van der Waals surface area contributed by atoms with Gasteiger partial charge in [-0.25, -0.2) is 0 Å². The monoisotopic (exact) mass is 306 g/mol. The van der Waals surface area contributed by atoms with Crippen molar-refractivity contribution >= 4 is 11.4 Å². The molecule has 4 heterocycles. The van der Waals surface area contributed by atoms with Gasteiger partial charge < -0.3 is 9.64 Å². The van der Waals surface area contributed by atoms with Crippen LogP contribution >= 0.6 is 0 Å². The van der Waals surface area contributed by atoms with E-state index in [4.69, 9.17) is 9.73 Å². The third-order valence-corrected chi connectivity index (χ3v) is 7.73. The zero-order valence-corrected chi connectivity index (χ0v) is 13.5. The summed E-state index contributed by atoms with van der Waals surface area (Å²) in [5.41, 5.74) is 4.07. The SMILES string of the molecule is C=C[C@]12CN(C)[C@H]3C[C@]14C(=Nc1ccccc14)[C@@H]1C[C@H]2[C@@H]3CO1. The summed E-state index contributed by atoms with van der Waals surface area (Å²) < 4.78 is 6.32. The molecule has 7 rings (SSSR count). The minimum absolute atomic E-state index is 0.0347. The maximum atomic E-state index is 6.32. The van der Waals surface area contributed by atoms with Gasteiger partial charge in [0.2, 0.25) is 0 Å². The smallest absolute Gasteiger partial charge is 0.0968 e. The number of hydrogen-bond donors (Lipinski definition) is 0. The van der Waals surface area contributed by atoms with Crippen LogP contribution in [0.5, 0.6) is 0 Å². The number of piperidine rings is 2. The topological polar surface area (TPSA) is 24.8 Å². The molecule has 0 amide bonds. The van der Waals surface area contributed by atoms with E-state index in [1.807, 2.05) is 0 Å². The van der Waals surface area contributed by atoms with Gasteiger partial charge in [0, 0.05) is 23.9 Å². The molecule has 6 aliphatic rings. The van der Waals surface area contributed by atoms with Gasteiger partial charge in [-0.3, -0.25) is 4.99 Å². The molecule has 5 bridgehead atoms. The van der Waals surface area contributed by atoms with Crippen LogP contribution in [0.2, 0.25) is 0 Å². The molecule has 5 fully saturated rings. The van der Waals surface area contributed by atoms with Gasteiger partial charge in [0.15, 0.2) is 0 Å². The molecule has 3 saturated heterocycles. The van der Waals surface area contributed by atoms with Crippen LogP contribution in [0.4, 0.5) is 5.69 Å². The van der Waals surface area contributed by atoms with Crippen molar-refractivity contribution < 1.29 is 4.74 Å². The van der Waals surface area contributed by atoms with E-state index < -0.39 is 0 Å². The molecule has 1 spiro atoms. The van der Waals surface area contributed by atoms with Crippen molar-refractivity contribution in [1.82, 2.24) is 4.90 Å². The van der Waals surface area contributed by atoms with E-state index in [9.17, 15) is 0 Å². The molecule has 3 heteroatoms. The Labute approximate surface area is 137 Å². The molecule has 2 aliphatic carbocycles. The predicted molar refractivity (Wildman–Crippen MR) is 90.2 cm³/mol. The summed E-state index contributed by atoms with van der Waals surface area (Å²) in [6.45, 7) is 6.37. The Morgan fingerprint density at radius 2 is 2.26 bits per heavy atom. The molecule has 2 saturated carbocycles. The van der Waals surface area contributed by atoms with Gasteiger partial charge in [-0.1, -0.05) is 24.3 Å². The normalized spacial score (nSPS) is 48.8. The second-order valence-electron chi connectivity index (χ2n) is 8.18. The number of nitrogens with zero attached hydrogens (tertiary/aromatic N) is 2. The molecule has 1 aromatic rings. The van der Waals surface area contributed by atoms with Crippen LogP contribution < -0.4 is 0 Å². The molecule has 23 heavy (non-hydrogen) atoms. The van der Waals surface area contributed by atoms with Crippen molar-refractivity contribution in [3.8, 4) is 0 Å². The van der Waals surface area contributed by atoms with Crippen molar-refractivity contribution in [3.05, 3.63) is 42.5 Å². The van der Waals surface area contributed by atoms with E-state index in [0.717, 1.165) is 19.6 Å². The minimum Gasteiger partial charge on any atom is -0.372 e. The van der Waals surface area contributed by atoms with Crippen molar-refractivity contribution in [2.24, 2.45) is 22.2 Å². The number of benzene rings is 1. The fourth-order valence-electron chi connectivity index (χ4n) is 6.95. The fraction of sp³-hybridized carbons (Fsp3) is 0.550. The molecule has 4 aliphatic heterocycles. The predicted octanol–water partition coefficient (Wildman–Crippen LogP) is 2.94. The van der Waals surface area contributed by atoms with Crippen molar-refractivity contribution in [2.75, 3.05) is 20.2 Å². The zero-order chi connectivity index (χ0) is 15.4. The molecule has 6 atom stereocenters. The minimum atomic E-state index is 0.0347. The first kappa shape index (κ1) is 12.9. The summed E-state index contributed by atoms with van der Waals surface area (Å²) in [6, 6.07) is 9.39. The number of fused-ring (bicyclic) bond motifs is 4. The Hall–Kier alpha value is -1.45. The molecule has 0 unspecified atom stereocenters. The Morgan fingerprint density at radius 1 is 1.39 bits per heavy atom. The highest BCUT2D eigenvalue weighted by molar-refractivity contribution is 6.07. The van der Waals surface area contributed by atoms with Gasteiger partial charge in [0.05, 0.1) is 29.5 Å². The summed E-state index contributed by atoms with van der Waals surface area (Å²) in [7, 11) is 2.29. The third-order valence-electron chi connectivity index (χ3n) is 7.73. The van der Waals surface area contributed by atoms with Crippen LogP contribution in [0.1, 0.15) is 18.4 Å². The van der Waals surface area contributed by atoms with Gasteiger partial charge in [0.1, 0.15) is 0 Å². The van der Waals surface area contributed by atoms with Crippen LogP contribution in [0.15, 0.2) is 41.9 Å². The van der Waals surface area contributed by atoms with E-state index >= 15 is 0 Å². The summed E-state index contributed by atoms with van der Waals surface area (Å²) in [6.07, 6.45) is 4.85. The van der Waals surface area contributed by atoms with Crippen LogP contribution in [-0.4, -0.2) is 43.0 Å². The number of para-hydroxylation sites is 1. The second kappa shape index (κ2) is 3.79. The zero-order valence-electron chi connectivity index (χ0n) is 13.5. The summed E-state index contributed by atoms with van der Waals surface area (Å²) in [4.78, 5) is 7.70. The lowest BCUT2D eigenvalue weighted by atomic mass is 9.38. The molecule has 118 valence electrons. The average Bonchev–Trinajstić information content (AvgIpc) is 2.90. The lowest BCUT2D eigenvalue weighted by Gasteiger charge is -2.72. The number of ether oxygens (including phenoxy) is 1. The van der Waals surface area contributed by atoms with Crippen molar-refractivity contribution in [3.63, 3.8) is 0 Å². The number of aliphatic imine (C=N–C) groups is 1. The maximum Gasteiger partial charge on any atom is 0.0968 e. The highest BCUT2D eigenvalue weighted by Gasteiger charge is 2.74. The quantitative estimate of drug-likeness (QED) is 0.745.